The van der Waals surface area contributed by atoms with Gasteiger partial charge >= 0.3 is 0 Å². The number of hydrogen-bond acceptors (Lipinski definition) is 5. The van der Waals surface area contributed by atoms with Crippen LogP contribution in [0.5, 0.6) is 0 Å². The highest BCUT2D eigenvalue weighted by atomic mass is 16.2. The van der Waals surface area contributed by atoms with Crippen LogP contribution in [0, 0.1) is 19.3 Å². The van der Waals surface area contributed by atoms with E-state index >= 15 is 0 Å². The van der Waals surface area contributed by atoms with Gasteiger partial charge in [-0.25, -0.2) is 0 Å². The van der Waals surface area contributed by atoms with Gasteiger partial charge < -0.3 is 10.2 Å². The molecule has 0 unspecified atom stereocenters. The van der Waals surface area contributed by atoms with E-state index in [-0.39, 0.29) is 11.8 Å². The van der Waals surface area contributed by atoms with E-state index in [0.717, 1.165) is 41.2 Å². The van der Waals surface area contributed by atoms with Gasteiger partial charge in [-0.05, 0) is 49.6 Å². The maximum absolute atomic E-state index is 13.2. The molecule has 2 aromatic heterocycles. The van der Waals surface area contributed by atoms with Crippen LogP contribution in [-0.2, 0) is 0 Å². The molecular weight excluding hydrogens is 400 g/mol. The van der Waals surface area contributed by atoms with Crippen molar-refractivity contribution in [2.75, 3.05) is 18.4 Å². The molecule has 3 heterocycles. The zero-order valence-electron chi connectivity index (χ0n) is 18.7. The second-order valence-corrected chi connectivity index (χ2v) is 8.54. The van der Waals surface area contributed by atoms with Crippen LogP contribution in [0.2, 0.25) is 0 Å². The lowest BCUT2D eigenvalue weighted by atomic mass is 9.92. The highest BCUT2D eigenvalue weighted by molar-refractivity contribution is 5.95. The first-order valence-electron chi connectivity index (χ1n) is 11.0. The molecule has 164 valence electrons. The van der Waals surface area contributed by atoms with Crippen LogP contribution < -0.4 is 5.32 Å². The normalized spacial score (nSPS) is 14.4. The number of nitrogens with zero attached hydrogens (tertiary/aromatic N) is 4. The first-order valence-corrected chi connectivity index (χ1v) is 11.0. The first kappa shape index (κ1) is 21.6. The summed E-state index contributed by atoms with van der Waals surface area (Å²) < 4.78 is 0. The summed E-state index contributed by atoms with van der Waals surface area (Å²) in [6.07, 6.45) is 8.93. The number of piperidine rings is 1. The molecule has 0 saturated carbocycles. The molecule has 1 saturated heterocycles. The van der Waals surface area contributed by atoms with Gasteiger partial charge in [-0.15, -0.1) is 11.5 Å². The summed E-state index contributed by atoms with van der Waals surface area (Å²) in [5.41, 5.74) is 4.35. The van der Waals surface area contributed by atoms with E-state index in [1.165, 1.54) is 0 Å². The number of carbonyl (C=O) groups excluding carboxylic acids is 1. The van der Waals surface area contributed by atoms with Crippen molar-refractivity contribution < 1.29 is 4.79 Å². The van der Waals surface area contributed by atoms with Gasteiger partial charge in [0.15, 0.2) is 0 Å². The number of aromatic amines is 1. The summed E-state index contributed by atoms with van der Waals surface area (Å²) in [4.78, 5) is 24.1. The number of anilines is 2. The number of aryl methyl sites for hydroxylation is 1. The first-order chi connectivity index (χ1) is 15.4. The monoisotopic (exact) mass is 428 g/mol. The Morgan fingerprint density at radius 3 is 2.66 bits per heavy atom. The van der Waals surface area contributed by atoms with Crippen LogP contribution in [-0.4, -0.2) is 44.1 Å². The van der Waals surface area contributed by atoms with Crippen molar-refractivity contribution in [1.29, 1.82) is 0 Å². The fourth-order valence-electron chi connectivity index (χ4n) is 3.89. The van der Waals surface area contributed by atoms with Gasteiger partial charge in [0.05, 0.1) is 0 Å². The van der Waals surface area contributed by atoms with E-state index in [1.807, 2.05) is 42.2 Å². The third-order valence-corrected chi connectivity index (χ3v) is 5.93. The zero-order chi connectivity index (χ0) is 22.7. The summed E-state index contributed by atoms with van der Waals surface area (Å²) in [6, 6.07) is 9.65. The van der Waals surface area contributed by atoms with Gasteiger partial charge in [0.1, 0.15) is 5.82 Å². The van der Waals surface area contributed by atoms with Crippen molar-refractivity contribution in [1.82, 2.24) is 25.1 Å². The molecule has 0 radical (unpaired) electrons. The molecule has 1 fully saturated rings. The number of hydrogen-bond donors (Lipinski definition) is 2. The number of terminal acetylenes is 1. The Morgan fingerprint density at radius 2 is 2.03 bits per heavy atom. The van der Waals surface area contributed by atoms with Crippen LogP contribution in [0.4, 0.5) is 11.6 Å². The molecule has 3 aromatic rings. The van der Waals surface area contributed by atoms with E-state index in [1.54, 1.807) is 6.20 Å². The molecule has 1 aromatic carbocycles. The summed E-state index contributed by atoms with van der Waals surface area (Å²) >= 11 is 0. The third-order valence-electron chi connectivity index (χ3n) is 5.93. The minimum Gasteiger partial charge on any atom is -0.339 e. The second-order valence-electron chi connectivity index (χ2n) is 8.54. The molecule has 0 aliphatic carbocycles. The Balaban J connectivity index is 1.42. The number of benzene rings is 1. The Labute approximate surface area is 188 Å². The second kappa shape index (κ2) is 9.23. The predicted molar refractivity (Wildman–Crippen MR) is 125 cm³/mol. The van der Waals surface area contributed by atoms with Crippen LogP contribution in [0.3, 0.4) is 0 Å². The van der Waals surface area contributed by atoms with Gasteiger partial charge in [0.2, 0.25) is 5.95 Å². The lowest BCUT2D eigenvalue weighted by molar-refractivity contribution is 0.0712. The summed E-state index contributed by atoms with van der Waals surface area (Å²) in [5, 5.41) is 10.4. The van der Waals surface area contributed by atoms with Gasteiger partial charge in [-0.3, -0.25) is 14.9 Å². The number of nitrogens with one attached hydrogen (secondary N) is 2. The molecular formula is C25H28N6O. The standard InChI is InChI=1S/C25H28N6O/c1-5-18-7-9-21(26-15-18)19-10-12-31(13-11-19)24(32)20-8-6-17(4)22(14-20)27-25-28-23(16(2)3)29-30-25/h1,6-9,14-16,19H,10-13H2,2-4H3,(H2,27,28,29,30). The summed E-state index contributed by atoms with van der Waals surface area (Å²) in [6.45, 7) is 7.52. The maximum Gasteiger partial charge on any atom is 0.253 e. The molecule has 0 atom stereocenters. The molecule has 1 aliphatic rings. The topological polar surface area (TPSA) is 86.8 Å². The number of carbonyl (C=O) groups is 1. The Morgan fingerprint density at radius 1 is 1.25 bits per heavy atom. The fourth-order valence-corrected chi connectivity index (χ4v) is 3.89. The van der Waals surface area contributed by atoms with E-state index in [9.17, 15) is 4.79 Å². The smallest absolute Gasteiger partial charge is 0.253 e. The van der Waals surface area contributed by atoms with Crippen LogP contribution in [0.15, 0.2) is 36.5 Å². The van der Waals surface area contributed by atoms with Crippen LogP contribution >= 0.6 is 0 Å². The van der Waals surface area contributed by atoms with Crippen LogP contribution in [0.25, 0.3) is 0 Å². The fraction of sp³-hybridized carbons (Fsp3) is 0.360. The van der Waals surface area contributed by atoms with Gasteiger partial charge in [-0.2, -0.15) is 4.98 Å². The molecule has 0 spiro atoms. The van der Waals surface area contributed by atoms with Gasteiger partial charge in [0.25, 0.3) is 5.91 Å². The molecule has 4 rings (SSSR count). The summed E-state index contributed by atoms with van der Waals surface area (Å²) in [5.74, 6) is 4.58. The summed E-state index contributed by atoms with van der Waals surface area (Å²) in [7, 11) is 0. The molecule has 32 heavy (non-hydrogen) atoms. The van der Waals surface area contributed by atoms with E-state index < -0.39 is 0 Å². The molecule has 1 amide bonds. The number of rotatable bonds is 5. The highest BCUT2D eigenvalue weighted by Crippen LogP contribution is 2.28. The van der Waals surface area contributed by atoms with Crippen molar-refractivity contribution >= 4 is 17.5 Å². The van der Waals surface area contributed by atoms with Crippen molar-refractivity contribution in [3.8, 4) is 12.3 Å². The minimum absolute atomic E-state index is 0.0417. The van der Waals surface area contributed by atoms with E-state index in [4.69, 9.17) is 6.42 Å². The lowest BCUT2D eigenvalue weighted by Crippen LogP contribution is -2.38. The Bertz CT molecular complexity index is 1130. The molecule has 7 heteroatoms. The SMILES string of the molecule is C#Cc1ccc(C2CCN(C(=O)c3ccc(C)c(Nc4n[nH]c(C(C)C)n4)c3)CC2)nc1. The van der Waals surface area contributed by atoms with Crippen molar-refractivity contribution in [2.24, 2.45) is 0 Å². The Kier molecular flexibility index (Phi) is 6.22. The predicted octanol–water partition coefficient (Wildman–Crippen LogP) is 4.38. The van der Waals surface area contributed by atoms with E-state index in [2.05, 4.69) is 45.3 Å². The van der Waals surface area contributed by atoms with Crippen LogP contribution in [0.1, 0.15) is 71.5 Å². The molecule has 7 nitrogen and oxygen atoms in total. The quantitative estimate of drug-likeness (QED) is 0.589. The van der Waals surface area contributed by atoms with Crippen molar-refractivity contribution in [2.45, 2.75) is 45.4 Å². The number of amides is 1. The number of pyridine rings is 1. The average molecular weight is 429 g/mol. The minimum atomic E-state index is 0.0417. The lowest BCUT2D eigenvalue weighted by Gasteiger charge is -2.32. The number of H-pyrrole nitrogens is 1. The van der Waals surface area contributed by atoms with Gasteiger partial charge in [-0.1, -0.05) is 25.8 Å². The molecule has 2 N–H and O–H groups in total. The maximum atomic E-state index is 13.2. The van der Waals surface area contributed by atoms with Crippen molar-refractivity contribution in [3.63, 3.8) is 0 Å². The van der Waals surface area contributed by atoms with Gasteiger partial charge in [0, 0.05) is 53.6 Å². The Hall–Kier alpha value is -3.66. The third kappa shape index (κ3) is 4.65. The molecule has 0 bridgehead atoms. The molecule has 1 aliphatic heterocycles. The number of likely N-dealkylation sites (tertiary alicyclic amines) is 1. The number of aromatic nitrogens is 4. The average Bonchev–Trinajstić information content (AvgIpc) is 3.29. The highest BCUT2D eigenvalue weighted by Gasteiger charge is 2.25. The van der Waals surface area contributed by atoms with Crippen molar-refractivity contribution in [3.05, 3.63) is 64.7 Å². The largest absolute Gasteiger partial charge is 0.339 e. The zero-order valence-corrected chi connectivity index (χ0v) is 18.7. The van der Waals surface area contributed by atoms with E-state index in [0.29, 0.717) is 30.5 Å².